The Morgan fingerprint density at radius 1 is 1.29 bits per heavy atom. The van der Waals surface area contributed by atoms with Crippen LogP contribution in [0, 0.1) is 0 Å². The van der Waals surface area contributed by atoms with E-state index in [4.69, 9.17) is 4.74 Å². The summed E-state index contributed by atoms with van der Waals surface area (Å²) in [6, 6.07) is 8.47. The Morgan fingerprint density at radius 3 is 2.57 bits per heavy atom. The molecule has 2 rings (SSSR count). The zero-order chi connectivity index (χ0) is 15.1. The van der Waals surface area contributed by atoms with Crippen LogP contribution in [0.1, 0.15) is 38.2 Å². The first-order valence-corrected chi connectivity index (χ1v) is 7.88. The fourth-order valence-corrected chi connectivity index (χ4v) is 2.72. The van der Waals surface area contributed by atoms with Gasteiger partial charge in [0.25, 0.3) is 0 Å². The lowest BCUT2D eigenvalue weighted by molar-refractivity contribution is -0.129. The highest BCUT2D eigenvalue weighted by Crippen LogP contribution is 2.17. The van der Waals surface area contributed by atoms with Crippen molar-refractivity contribution in [2.24, 2.45) is 0 Å². The third kappa shape index (κ3) is 5.05. The highest BCUT2D eigenvalue weighted by molar-refractivity contribution is 5.78. The van der Waals surface area contributed by atoms with Crippen LogP contribution in [0.3, 0.4) is 0 Å². The van der Waals surface area contributed by atoms with Crippen molar-refractivity contribution in [2.75, 3.05) is 20.2 Å². The SMILES string of the molecule is CCOc1ccc(CN(C)C(=O)CNC2CCCC2)cc1. The van der Waals surface area contributed by atoms with Crippen molar-refractivity contribution in [1.82, 2.24) is 10.2 Å². The van der Waals surface area contributed by atoms with E-state index in [2.05, 4.69) is 5.32 Å². The number of carbonyl (C=O) groups excluding carboxylic acids is 1. The number of likely N-dealkylation sites (N-methyl/N-ethyl adjacent to an activating group) is 1. The number of hydrogen-bond donors (Lipinski definition) is 1. The molecule has 0 unspecified atom stereocenters. The minimum atomic E-state index is 0.149. The molecule has 4 heteroatoms. The largest absolute Gasteiger partial charge is 0.494 e. The van der Waals surface area contributed by atoms with E-state index in [0.29, 0.717) is 25.7 Å². The van der Waals surface area contributed by atoms with Crippen molar-refractivity contribution in [3.8, 4) is 5.75 Å². The van der Waals surface area contributed by atoms with Gasteiger partial charge in [-0.1, -0.05) is 25.0 Å². The minimum Gasteiger partial charge on any atom is -0.494 e. The van der Waals surface area contributed by atoms with Gasteiger partial charge in [0.05, 0.1) is 13.2 Å². The lowest BCUT2D eigenvalue weighted by atomic mass is 10.2. The molecule has 1 aromatic rings. The molecule has 1 N–H and O–H groups in total. The second-order valence-electron chi connectivity index (χ2n) is 5.69. The second-order valence-corrected chi connectivity index (χ2v) is 5.69. The molecule has 0 radical (unpaired) electrons. The predicted octanol–water partition coefficient (Wildman–Crippen LogP) is 2.58. The van der Waals surface area contributed by atoms with Crippen molar-refractivity contribution in [3.63, 3.8) is 0 Å². The minimum absolute atomic E-state index is 0.149. The lowest BCUT2D eigenvalue weighted by Gasteiger charge is -2.19. The number of amides is 1. The fourth-order valence-electron chi connectivity index (χ4n) is 2.72. The van der Waals surface area contributed by atoms with Crippen LogP contribution in [-0.2, 0) is 11.3 Å². The molecule has 0 aromatic heterocycles. The smallest absolute Gasteiger partial charge is 0.236 e. The first kappa shape index (κ1) is 15.8. The zero-order valence-electron chi connectivity index (χ0n) is 13.1. The molecule has 0 saturated heterocycles. The first-order chi connectivity index (χ1) is 10.2. The average molecular weight is 290 g/mol. The van der Waals surface area contributed by atoms with Crippen molar-refractivity contribution in [3.05, 3.63) is 29.8 Å². The second kappa shape index (κ2) is 8.03. The number of nitrogens with zero attached hydrogens (tertiary/aromatic N) is 1. The number of ether oxygens (including phenoxy) is 1. The molecule has 1 saturated carbocycles. The van der Waals surface area contributed by atoms with Gasteiger partial charge in [-0.3, -0.25) is 4.79 Å². The van der Waals surface area contributed by atoms with Gasteiger partial charge in [0, 0.05) is 19.6 Å². The topological polar surface area (TPSA) is 41.6 Å². The van der Waals surface area contributed by atoms with E-state index in [1.165, 1.54) is 25.7 Å². The number of nitrogens with one attached hydrogen (secondary N) is 1. The maximum Gasteiger partial charge on any atom is 0.236 e. The van der Waals surface area contributed by atoms with Crippen molar-refractivity contribution in [2.45, 2.75) is 45.2 Å². The summed E-state index contributed by atoms with van der Waals surface area (Å²) < 4.78 is 5.42. The highest BCUT2D eigenvalue weighted by atomic mass is 16.5. The highest BCUT2D eigenvalue weighted by Gasteiger charge is 2.16. The van der Waals surface area contributed by atoms with Gasteiger partial charge >= 0.3 is 0 Å². The summed E-state index contributed by atoms with van der Waals surface area (Å²) in [6.07, 6.45) is 4.98. The summed E-state index contributed by atoms with van der Waals surface area (Å²) in [5, 5.41) is 3.36. The third-order valence-electron chi connectivity index (χ3n) is 3.98. The maximum absolute atomic E-state index is 12.1. The van der Waals surface area contributed by atoms with Gasteiger partial charge in [-0.05, 0) is 37.5 Å². The Morgan fingerprint density at radius 2 is 1.95 bits per heavy atom. The molecule has 0 bridgehead atoms. The standard InChI is InChI=1S/C17H26N2O2/c1-3-21-16-10-8-14(9-11-16)13-19(2)17(20)12-18-15-6-4-5-7-15/h8-11,15,18H,3-7,12-13H2,1-2H3. The molecule has 0 heterocycles. The van der Waals surface area contributed by atoms with Crippen LogP contribution in [0.2, 0.25) is 0 Å². The summed E-state index contributed by atoms with van der Waals surface area (Å²) in [6.45, 7) is 3.72. The number of rotatable bonds is 7. The molecule has 1 amide bonds. The Kier molecular flexibility index (Phi) is 6.05. The number of benzene rings is 1. The molecule has 1 aliphatic carbocycles. The quantitative estimate of drug-likeness (QED) is 0.839. The number of carbonyl (C=O) groups is 1. The molecule has 4 nitrogen and oxygen atoms in total. The first-order valence-electron chi connectivity index (χ1n) is 7.88. The Balaban J connectivity index is 1.76. The van der Waals surface area contributed by atoms with Crippen LogP contribution in [0.15, 0.2) is 24.3 Å². The molecular formula is C17H26N2O2. The molecule has 0 aliphatic heterocycles. The van der Waals surface area contributed by atoms with E-state index in [9.17, 15) is 4.79 Å². The predicted molar refractivity (Wildman–Crippen MR) is 84.3 cm³/mol. The van der Waals surface area contributed by atoms with Gasteiger partial charge in [-0.15, -0.1) is 0 Å². The maximum atomic E-state index is 12.1. The van der Waals surface area contributed by atoms with Gasteiger partial charge in [-0.25, -0.2) is 0 Å². The van der Waals surface area contributed by atoms with Gasteiger partial charge in [0.15, 0.2) is 0 Å². The normalized spacial score (nSPS) is 15.1. The molecule has 1 aliphatic rings. The van der Waals surface area contributed by atoms with E-state index in [-0.39, 0.29) is 5.91 Å². The van der Waals surface area contributed by atoms with E-state index in [1.54, 1.807) is 4.90 Å². The fraction of sp³-hybridized carbons (Fsp3) is 0.588. The van der Waals surface area contributed by atoms with E-state index in [0.717, 1.165) is 11.3 Å². The summed E-state index contributed by atoms with van der Waals surface area (Å²) in [5.74, 6) is 1.02. The van der Waals surface area contributed by atoms with Crippen LogP contribution in [0.5, 0.6) is 5.75 Å². The van der Waals surface area contributed by atoms with Crippen LogP contribution in [0.4, 0.5) is 0 Å². The van der Waals surface area contributed by atoms with Crippen LogP contribution in [-0.4, -0.2) is 37.0 Å². The summed E-state index contributed by atoms with van der Waals surface area (Å²) in [7, 11) is 1.86. The third-order valence-corrected chi connectivity index (χ3v) is 3.98. The average Bonchev–Trinajstić information content (AvgIpc) is 3.00. The van der Waals surface area contributed by atoms with Crippen LogP contribution >= 0.6 is 0 Å². The van der Waals surface area contributed by atoms with E-state index < -0.39 is 0 Å². The van der Waals surface area contributed by atoms with E-state index in [1.807, 2.05) is 38.2 Å². The summed E-state index contributed by atoms with van der Waals surface area (Å²) >= 11 is 0. The molecule has 21 heavy (non-hydrogen) atoms. The Labute approximate surface area is 127 Å². The van der Waals surface area contributed by atoms with Gasteiger partial charge in [0.1, 0.15) is 5.75 Å². The lowest BCUT2D eigenvalue weighted by Crippen LogP contribution is -2.38. The molecule has 116 valence electrons. The monoisotopic (exact) mass is 290 g/mol. The summed E-state index contributed by atoms with van der Waals surface area (Å²) in [4.78, 5) is 13.9. The van der Waals surface area contributed by atoms with Gasteiger partial charge < -0.3 is 15.0 Å². The molecular weight excluding hydrogens is 264 g/mol. The molecule has 0 spiro atoms. The zero-order valence-corrected chi connectivity index (χ0v) is 13.1. The molecule has 0 atom stereocenters. The summed E-state index contributed by atoms with van der Waals surface area (Å²) in [5.41, 5.74) is 1.12. The van der Waals surface area contributed by atoms with Gasteiger partial charge in [-0.2, -0.15) is 0 Å². The molecule has 1 aromatic carbocycles. The van der Waals surface area contributed by atoms with Crippen molar-refractivity contribution in [1.29, 1.82) is 0 Å². The number of hydrogen-bond acceptors (Lipinski definition) is 3. The van der Waals surface area contributed by atoms with Gasteiger partial charge in [0.2, 0.25) is 5.91 Å². The van der Waals surface area contributed by atoms with E-state index >= 15 is 0 Å². The molecule has 1 fully saturated rings. The van der Waals surface area contributed by atoms with Crippen LogP contribution in [0.25, 0.3) is 0 Å². The van der Waals surface area contributed by atoms with Crippen molar-refractivity contribution >= 4 is 5.91 Å². The Hall–Kier alpha value is -1.55. The Bertz CT molecular complexity index is 439. The van der Waals surface area contributed by atoms with Crippen LogP contribution < -0.4 is 10.1 Å². The van der Waals surface area contributed by atoms with Crippen molar-refractivity contribution < 1.29 is 9.53 Å².